The highest BCUT2D eigenvalue weighted by Gasteiger charge is 2.31. The fourth-order valence-corrected chi connectivity index (χ4v) is 4.19. The van der Waals surface area contributed by atoms with E-state index < -0.39 is 0 Å². The second kappa shape index (κ2) is 7.59. The smallest absolute Gasteiger partial charge is 0.322 e. The predicted molar refractivity (Wildman–Crippen MR) is 91.8 cm³/mol. The van der Waals surface area contributed by atoms with Crippen molar-refractivity contribution >= 4 is 23.3 Å². The van der Waals surface area contributed by atoms with Crippen molar-refractivity contribution in [1.82, 2.24) is 14.2 Å². The molecule has 0 spiro atoms. The number of aryl methyl sites for hydroxylation is 1. The van der Waals surface area contributed by atoms with E-state index in [2.05, 4.69) is 14.6 Å². The van der Waals surface area contributed by atoms with E-state index in [4.69, 9.17) is 0 Å². The highest BCUT2D eigenvalue weighted by molar-refractivity contribution is 7.04. The van der Waals surface area contributed by atoms with Crippen LogP contribution in [0.1, 0.15) is 31.4 Å². The number of nitrogens with one attached hydrogen (secondary N) is 1. The number of piperidine rings is 1. The zero-order valence-corrected chi connectivity index (χ0v) is 14.5. The van der Waals surface area contributed by atoms with Crippen molar-refractivity contribution in [2.24, 2.45) is 5.92 Å². The van der Waals surface area contributed by atoms with Crippen LogP contribution in [-0.4, -0.2) is 64.1 Å². The number of hydrogen-bond donors (Lipinski definition) is 2. The maximum atomic E-state index is 12.6. The quantitative estimate of drug-likeness (QED) is 0.883. The molecular weight excluding hydrogens is 312 g/mol. The van der Waals surface area contributed by atoms with Crippen molar-refractivity contribution in [1.29, 1.82) is 0 Å². The summed E-state index contributed by atoms with van der Waals surface area (Å²) >= 11 is 1.37. The van der Waals surface area contributed by atoms with Crippen molar-refractivity contribution in [3.05, 3.63) is 11.1 Å². The molecule has 23 heavy (non-hydrogen) atoms. The van der Waals surface area contributed by atoms with Crippen LogP contribution in [0.5, 0.6) is 0 Å². The Kier molecular flexibility index (Phi) is 5.50. The molecule has 0 unspecified atom stereocenters. The number of urea groups is 1. The van der Waals surface area contributed by atoms with Crippen LogP contribution in [0.25, 0.3) is 0 Å². The second-order valence-corrected chi connectivity index (χ2v) is 7.29. The normalized spacial score (nSPS) is 23.4. The summed E-state index contributed by atoms with van der Waals surface area (Å²) in [6.45, 7) is 6.07. The number of carbonyl (C=O) groups is 1. The van der Waals surface area contributed by atoms with Crippen LogP contribution in [0.3, 0.4) is 0 Å². The van der Waals surface area contributed by atoms with E-state index in [0.717, 1.165) is 63.2 Å². The molecule has 2 N–H and O–H groups in total. The highest BCUT2D eigenvalue weighted by Crippen LogP contribution is 2.24. The first kappa shape index (κ1) is 16.7. The largest absolute Gasteiger partial charge is 0.396 e. The van der Waals surface area contributed by atoms with E-state index in [-0.39, 0.29) is 6.03 Å². The Labute approximate surface area is 141 Å². The van der Waals surface area contributed by atoms with Gasteiger partial charge < -0.3 is 20.2 Å². The number of hydrogen-bond acceptors (Lipinski definition) is 5. The molecule has 0 radical (unpaired) electrons. The first-order chi connectivity index (χ1) is 11.2. The molecule has 128 valence electrons. The lowest BCUT2D eigenvalue weighted by Crippen LogP contribution is -2.47. The molecule has 2 amide bonds. The third kappa shape index (κ3) is 4.02. The molecule has 6 nitrogen and oxygen atoms in total. The number of aliphatic hydroxyl groups excluding tert-OH is 1. The summed E-state index contributed by atoms with van der Waals surface area (Å²) in [4.78, 5) is 17.0. The second-order valence-electron chi connectivity index (χ2n) is 6.66. The number of aliphatic hydroxyl groups is 1. The third-order valence-corrected chi connectivity index (χ3v) is 5.78. The van der Waals surface area contributed by atoms with Gasteiger partial charge in [-0.1, -0.05) is 0 Å². The van der Waals surface area contributed by atoms with Crippen LogP contribution < -0.4 is 5.32 Å². The van der Waals surface area contributed by atoms with E-state index in [9.17, 15) is 9.90 Å². The zero-order valence-electron chi connectivity index (χ0n) is 13.7. The molecule has 1 aromatic rings. The van der Waals surface area contributed by atoms with Crippen LogP contribution in [0.15, 0.2) is 5.38 Å². The third-order valence-electron chi connectivity index (χ3n) is 5.06. The van der Waals surface area contributed by atoms with Gasteiger partial charge in [-0.15, -0.1) is 0 Å². The predicted octanol–water partition coefficient (Wildman–Crippen LogP) is 2.15. The van der Waals surface area contributed by atoms with Crippen LogP contribution in [0, 0.1) is 12.8 Å². The fourth-order valence-electron chi connectivity index (χ4n) is 3.54. The maximum absolute atomic E-state index is 12.6. The Morgan fingerprint density at radius 1 is 1.39 bits per heavy atom. The lowest BCUT2D eigenvalue weighted by Gasteiger charge is -2.35. The molecule has 2 fully saturated rings. The summed E-state index contributed by atoms with van der Waals surface area (Å²) in [5.74, 6) is 0.461. The van der Waals surface area contributed by atoms with E-state index >= 15 is 0 Å². The molecule has 2 aliphatic rings. The first-order valence-electron chi connectivity index (χ1n) is 8.49. The van der Waals surface area contributed by atoms with Gasteiger partial charge in [-0.3, -0.25) is 0 Å². The number of carbonyl (C=O) groups excluding carboxylic acids is 1. The molecule has 7 heteroatoms. The summed E-state index contributed by atoms with van der Waals surface area (Å²) < 4.78 is 4.20. The SMILES string of the molecule is Cc1nscc1NC(=O)N1CCC[C@H]1CN1CCC(CO)CC1. The number of amides is 2. The fraction of sp³-hybridized carbons (Fsp3) is 0.750. The number of anilines is 1. The van der Waals surface area contributed by atoms with Crippen molar-refractivity contribution in [2.45, 2.75) is 38.6 Å². The number of rotatable bonds is 4. The average Bonchev–Trinajstić information content (AvgIpc) is 3.18. The van der Waals surface area contributed by atoms with Gasteiger partial charge in [0.15, 0.2) is 0 Å². The molecule has 0 saturated carbocycles. The molecule has 3 heterocycles. The standard InChI is InChI=1S/C16H26N4O2S/c1-12-15(11-23-18-12)17-16(22)20-6-2-3-14(20)9-19-7-4-13(10-21)5-8-19/h11,13-14,21H,2-10H2,1H3,(H,17,22)/t14-/m0/s1. The Balaban J connectivity index is 1.53. The number of aromatic nitrogens is 1. The molecule has 2 saturated heterocycles. The molecule has 0 aromatic carbocycles. The van der Waals surface area contributed by atoms with E-state index in [1.807, 2.05) is 17.2 Å². The van der Waals surface area contributed by atoms with Crippen LogP contribution >= 0.6 is 11.5 Å². The van der Waals surface area contributed by atoms with Crippen molar-refractivity contribution < 1.29 is 9.90 Å². The van der Waals surface area contributed by atoms with E-state index in [0.29, 0.717) is 18.6 Å². The van der Waals surface area contributed by atoms with Gasteiger partial charge in [0.2, 0.25) is 0 Å². The van der Waals surface area contributed by atoms with Crippen molar-refractivity contribution in [3.63, 3.8) is 0 Å². The summed E-state index contributed by atoms with van der Waals surface area (Å²) in [5, 5.41) is 14.1. The van der Waals surface area contributed by atoms with E-state index in [1.165, 1.54) is 11.5 Å². The van der Waals surface area contributed by atoms with Gasteiger partial charge in [-0.25, -0.2) is 4.79 Å². The summed E-state index contributed by atoms with van der Waals surface area (Å²) in [5.41, 5.74) is 1.71. The molecule has 3 rings (SSSR count). The van der Waals surface area contributed by atoms with Gasteiger partial charge in [0.1, 0.15) is 0 Å². The van der Waals surface area contributed by atoms with Gasteiger partial charge in [-0.2, -0.15) is 4.37 Å². The minimum atomic E-state index is 0.000967. The molecule has 0 bridgehead atoms. The number of likely N-dealkylation sites (tertiary alicyclic amines) is 2. The van der Waals surface area contributed by atoms with Crippen LogP contribution in [0.2, 0.25) is 0 Å². The van der Waals surface area contributed by atoms with E-state index in [1.54, 1.807) is 0 Å². The first-order valence-corrected chi connectivity index (χ1v) is 9.33. The zero-order chi connectivity index (χ0) is 16.2. The van der Waals surface area contributed by atoms with Gasteiger partial charge >= 0.3 is 6.03 Å². The molecule has 0 aliphatic carbocycles. The average molecular weight is 338 g/mol. The topological polar surface area (TPSA) is 68.7 Å². The lowest BCUT2D eigenvalue weighted by molar-refractivity contribution is 0.112. The summed E-state index contributed by atoms with van der Waals surface area (Å²) in [7, 11) is 0. The van der Waals surface area contributed by atoms with Crippen molar-refractivity contribution in [2.75, 3.05) is 38.1 Å². The molecule has 1 atom stereocenters. The molecule has 2 aliphatic heterocycles. The van der Waals surface area contributed by atoms with Gasteiger partial charge in [0.25, 0.3) is 0 Å². The van der Waals surface area contributed by atoms with Crippen molar-refractivity contribution in [3.8, 4) is 0 Å². The van der Waals surface area contributed by atoms with Gasteiger partial charge in [0, 0.05) is 31.1 Å². The Morgan fingerprint density at radius 3 is 2.83 bits per heavy atom. The molecular formula is C16H26N4O2S. The summed E-state index contributed by atoms with van der Waals surface area (Å²) in [6, 6.07) is 0.300. The Bertz CT molecular complexity index is 528. The number of nitrogens with zero attached hydrogens (tertiary/aromatic N) is 3. The highest BCUT2D eigenvalue weighted by atomic mass is 32.1. The lowest BCUT2D eigenvalue weighted by atomic mass is 9.97. The van der Waals surface area contributed by atoms with Gasteiger partial charge in [0.05, 0.1) is 11.4 Å². The minimum Gasteiger partial charge on any atom is -0.396 e. The summed E-state index contributed by atoms with van der Waals surface area (Å²) in [6.07, 6.45) is 4.28. The maximum Gasteiger partial charge on any atom is 0.322 e. The Hall–Kier alpha value is -1.18. The van der Waals surface area contributed by atoms with Crippen LogP contribution in [0.4, 0.5) is 10.5 Å². The monoisotopic (exact) mass is 338 g/mol. The minimum absolute atomic E-state index is 0.000967. The van der Waals surface area contributed by atoms with Crippen LogP contribution in [-0.2, 0) is 0 Å². The molecule has 1 aromatic heterocycles. The van der Waals surface area contributed by atoms with Gasteiger partial charge in [-0.05, 0) is 63.1 Å². The Morgan fingerprint density at radius 2 is 2.17 bits per heavy atom.